The van der Waals surface area contributed by atoms with Crippen molar-refractivity contribution in [2.75, 3.05) is 13.7 Å². The summed E-state index contributed by atoms with van der Waals surface area (Å²) < 4.78 is 22.0. The minimum atomic E-state index is -0.158. The number of aromatic nitrogens is 1. The molecule has 1 atom stereocenters. The van der Waals surface area contributed by atoms with E-state index in [1.54, 1.807) is 31.6 Å². The van der Waals surface area contributed by atoms with Crippen molar-refractivity contribution < 1.29 is 23.7 Å². The van der Waals surface area contributed by atoms with Crippen LogP contribution in [0.1, 0.15) is 13.8 Å². The third-order valence-electron chi connectivity index (χ3n) is 4.19. The smallest absolute Gasteiger partial charge is 0.230 e. The van der Waals surface area contributed by atoms with Gasteiger partial charge in [-0.3, -0.25) is 0 Å². The van der Waals surface area contributed by atoms with Crippen LogP contribution in [0.2, 0.25) is 0 Å². The van der Waals surface area contributed by atoms with E-state index in [2.05, 4.69) is 4.98 Å². The first-order chi connectivity index (χ1) is 11.0. The molecule has 3 aromatic rings. The summed E-state index contributed by atoms with van der Waals surface area (Å²) in [7, 11) is 1.59. The second-order valence-electron chi connectivity index (χ2n) is 6.14. The van der Waals surface area contributed by atoms with Crippen molar-refractivity contribution >= 4 is 22.0 Å². The number of furan rings is 1. The molecule has 1 saturated heterocycles. The maximum atomic E-state index is 10.2. The number of methoxy groups -OCH3 is 1. The highest BCUT2D eigenvalue weighted by atomic mass is 16.6. The summed E-state index contributed by atoms with van der Waals surface area (Å²) in [6, 6.07) is 5.08. The molecule has 0 aliphatic carbocycles. The Hall–Kier alpha value is -2.47. The summed E-state index contributed by atoms with van der Waals surface area (Å²) in [5.74, 6) is 1.05. The van der Waals surface area contributed by atoms with E-state index in [4.69, 9.17) is 18.6 Å². The number of ether oxygens (including phenoxy) is 3. The molecule has 1 aliphatic heterocycles. The Bertz CT molecular complexity index is 899. The van der Waals surface area contributed by atoms with Gasteiger partial charge in [-0.1, -0.05) is 0 Å². The number of fused-ring (bicyclic) bond motifs is 2. The summed E-state index contributed by atoms with van der Waals surface area (Å²) in [6.07, 6.45) is 1.59. The van der Waals surface area contributed by atoms with Gasteiger partial charge in [0.05, 0.1) is 29.9 Å². The number of hydrogen-bond acceptors (Lipinski definition) is 6. The van der Waals surface area contributed by atoms with Gasteiger partial charge in [-0.25, -0.2) is 4.98 Å². The zero-order valence-electron chi connectivity index (χ0n) is 13.1. The van der Waals surface area contributed by atoms with Crippen LogP contribution in [0.15, 0.2) is 28.9 Å². The largest absolute Gasteiger partial charge is 0.504 e. The Morgan fingerprint density at radius 3 is 2.78 bits per heavy atom. The fraction of sp³-hybridized carbons (Fsp3) is 0.353. The normalized spacial score (nSPS) is 19.2. The molecular formula is C17H17NO5. The van der Waals surface area contributed by atoms with Gasteiger partial charge >= 0.3 is 0 Å². The maximum Gasteiger partial charge on any atom is 0.230 e. The molecule has 3 heterocycles. The van der Waals surface area contributed by atoms with E-state index in [0.29, 0.717) is 29.3 Å². The highest BCUT2D eigenvalue weighted by Crippen LogP contribution is 2.40. The Kier molecular flexibility index (Phi) is 2.93. The quantitative estimate of drug-likeness (QED) is 0.745. The molecule has 23 heavy (non-hydrogen) atoms. The molecular weight excluding hydrogens is 298 g/mol. The number of pyridine rings is 1. The third kappa shape index (κ3) is 2.26. The molecule has 1 aliphatic rings. The lowest BCUT2D eigenvalue weighted by atomic mass is 10.1. The number of nitrogens with zero attached hydrogens (tertiary/aromatic N) is 1. The van der Waals surface area contributed by atoms with Crippen molar-refractivity contribution in [3.63, 3.8) is 0 Å². The molecule has 0 amide bonds. The molecule has 0 saturated carbocycles. The highest BCUT2D eigenvalue weighted by molar-refractivity contribution is 6.00. The monoisotopic (exact) mass is 315 g/mol. The van der Waals surface area contributed by atoms with Gasteiger partial charge in [0.15, 0.2) is 11.5 Å². The van der Waals surface area contributed by atoms with Crippen molar-refractivity contribution in [3.05, 3.63) is 24.5 Å². The van der Waals surface area contributed by atoms with E-state index in [-0.39, 0.29) is 17.5 Å². The van der Waals surface area contributed by atoms with E-state index in [1.807, 2.05) is 13.8 Å². The fourth-order valence-corrected chi connectivity index (χ4v) is 2.72. The summed E-state index contributed by atoms with van der Waals surface area (Å²) in [5, 5.41) is 11.7. The number of hydrogen-bond donors (Lipinski definition) is 1. The summed E-state index contributed by atoms with van der Waals surface area (Å²) in [6.45, 7) is 4.39. The highest BCUT2D eigenvalue weighted by Gasteiger charge is 2.48. The molecule has 2 aromatic heterocycles. The molecule has 1 N–H and O–H groups in total. The van der Waals surface area contributed by atoms with Crippen molar-refractivity contribution in [3.8, 4) is 17.2 Å². The molecule has 0 radical (unpaired) electrons. The predicted octanol–water partition coefficient (Wildman–Crippen LogP) is 3.25. The van der Waals surface area contributed by atoms with Crippen molar-refractivity contribution in [1.82, 2.24) is 4.98 Å². The van der Waals surface area contributed by atoms with Gasteiger partial charge in [0.2, 0.25) is 5.71 Å². The van der Waals surface area contributed by atoms with Gasteiger partial charge < -0.3 is 23.7 Å². The molecule has 6 heteroatoms. The van der Waals surface area contributed by atoms with Crippen LogP contribution >= 0.6 is 0 Å². The van der Waals surface area contributed by atoms with Crippen LogP contribution in [0.4, 0.5) is 0 Å². The average Bonchev–Trinajstić information content (AvgIpc) is 2.91. The van der Waals surface area contributed by atoms with Gasteiger partial charge in [-0.15, -0.1) is 0 Å². The van der Waals surface area contributed by atoms with Crippen molar-refractivity contribution in [1.29, 1.82) is 0 Å². The number of benzene rings is 1. The number of phenolic OH excluding ortho intramolecular Hbond substituents is 1. The van der Waals surface area contributed by atoms with E-state index in [0.717, 1.165) is 10.8 Å². The minimum absolute atomic E-state index is 0.0245. The van der Waals surface area contributed by atoms with Gasteiger partial charge in [0.25, 0.3) is 0 Å². The van der Waals surface area contributed by atoms with Crippen molar-refractivity contribution in [2.45, 2.75) is 25.6 Å². The second-order valence-corrected chi connectivity index (χ2v) is 6.14. The average molecular weight is 315 g/mol. The van der Waals surface area contributed by atoms with E-state index >= 15 is 0 Å². The van der Waals surface area contributed by atoms with Crippen LogP contribution in [-0.4, -0.2) is 35.5 Å². The minimum Gasteiger partial charge on any atom is -0.504 e. The first kappa shape index (κ1) is 14.1. The first-order valence-corrected chi connectivity index (χ1v) is 7.38. The Morgan fingerprint density at radius 1 is 1.30 bits per heavy atom. The lowest BCUT2D eigenvalue weighted by molar-refractivity contribution is 0.247. The zero-order chi connectivity index (χ0) is 16.2. The third-order valence-corrected chi connectivity index (χ3v) is 4.19. The maximum absolute atomic E-state index is 10.2. The summed E-state index contributed by atoms with van der Waals surface area (Å²) >= 11 is 0. The lowest BCUT2D eigenvalue weighted by Gasteiger charge is -2.11. The zero-order valence-corrected chi connectivity index (χ0v) is 13.1. The second kappa shape index (κ2) is 4.76. The predicted molar refractivity (Wildman–Crippen MR) is 84.2 cm³/mol. The summed E-state index contributed by atoms with van der Waals surface area (Å²) in [4.78, 5) is 4.39. The van der Waals surface area contributed by atoms with Crippen LogP contribution in [0.5, 0.6) is 17.2 Å². The first-order valence-electron chi connectivity index (χ1n) is 7.38. The molecule has 0 bridgehead atoms. The van der Waals surface area contributed by atoms with Crippen LogP contribution < -0.4 is 9.47 Å². The molecule has 0 unspecified atom stereocenters. The Balaban J connectivity index is 1.77. The van der Waals surface area contributed by atoms with Crippen LogP contribution in [0, 0.1) is 0 Å². The molecule has 120 valence electrons. The topological polar surface area (TPSA) is 77.2 Å². The Morgan fingerprint density at radius 2 is 2.09 bits per heavy atom. The number of rotatable bonds is 4. The van der Waals surface area contributed by atoms with Crippen LogP contribution in [0.25, 0.3) is 22.0 Å². The number of aromatic hydroxyl groups is 1. The summed E-state index contributed by atoms with van der Waals surface area (Å²) in [5.41, 5.74) is 0.891. The fourth-order valence-electron chi connectivity index (χ4n) is 2.72. The van der Waals surface area contributed by atoms with E-state index in [9.17, 15) is 5.11 Å². The van der Waals surface area contributed by atoms with Crippen LogP contribution in [0.3, 0.4) is 0 Å². The van der Waals surface area contributed by atoms with E-state index in [1.165, 1.54) is 0 Å². The molecule has 6 nitrogen and oxygen atoms in total. The van der Waals surface area contributed by atoms with Crippen LogP contribution in [-0.2, 0) is 4.74 Å². The molecule has 0 spiro atoms. The lowest BCUT2D eigenvalue weighted by Crippen LogP contribution is -2.12. The number of phenols is 1. The molecule has 4 rings (SSSR count). The van der Waals surface area contributed by atoms with Gasteiger partial charge in [0.1, 0.15) is 18.5 Å². The molecule has 1 fully saturated rings. The number of epoxide rings is 1. The van der Waals surface area contributed by atoms with E-state index < -0.39 is 0 Å². The molecule has 1 aromatic carbocycles. The van der Waals surface area contributed by atoms with Gasteiger partial charge in [-0.05, 0) is 26.0 Å². The Labute approximate surface area is 132 Å². The van der Waals surface area contributed by atoms with Crippen molar-refractivity contribution in [2.24, 2.45) is 0 Å². The SMILES string of the molecule is COc1c2cc(OC[C@@H]3OC3(C)C)c(O)cc2nc2occc12. The van der Waals surface area contributed by atoms with Gasteiger partial charge in [0, 0.05) is 11.5 Å². The standard InChI is InChI=1S/C17H17NO5/c1-17(2)14(23-17)8-22-13-6-10-11(7-12(13)19)18-16-9(4-5-21-16)15(10)20-3/h4-7,14,19H,8H2,1-3H3/t14-/m0/s1. The van der Waals surface area contributed by atoms with Gasteiger partial charge in [-0.2, -0.15) is 0 Å².